The first-order chi connectivity index (χ1) is 12.1. The molecule has 2 aromatic heterocycles. The summed E-state index contributed by atoms with van der Waals surface area (Å²) in [4.78, 5) is 25.2. The third-order valence-electron chi connectivity index (χ3n) is 3.82. The first-order valence-electron chi connectivity index (χ1n) is 8.08. The Morgan fingerprint density at radius 2 is 1.96 bits per heavy atom. The molecule has 6 heteroatoms. The highest BCUT2D eigenvalue weighted by Crippen LogP contribution is 2.21. The molecule has 25 heavy (non-hydrogen) atoms. The van der Waals surface area contributed by atoms with Gasteiger partial charge in [0.05, 0.1) is 17.3 Å². The lowest BCUT2D eigenvalue weighted by Crippen LogP contribution is -2.35. The van der Waals surface area contributed by atoms with E-state index in [9.17, 15) is 9.59 Å². The van der Waals surface area contributed by atoms with E-state index in [0.717, 1.165) is 16.1 Å². The number of hydrogen-bond acceptors (Lipinski definition) is 4. The number of carbonyl (C=O) groups excluding carboxylic acids is 1. The van der Waals surface area contributed by atoms with E-state index in [0.29, 0.717) is 13.0 Å². The van der Waals surface area contributed by atoms with Crippen LogP contribution in [0, 0.1) is 0 Å². The standard InChI is InChI=1S/C19H19N3O2S/c1-14(13-20-18(23)12-15-6-3-2-4-7-15)22-19(24)10-9-16(21-22)17-8-5-11-25-17/h2-11,14H,12-13H2,1H3,(H,20,23). The fourth-order valence-corrected chi connectivity index (χ4v) is 3.18. The summed E-state index contributed by atoms with van der Waals surface area (Å²) in [5.74, 6) is -0.0690. The van der Waals surface area contributed by atoms with Crippen LogP contribution in [0.1, 0.15) is 18.5 Å². The second-order valence-electron chi connectivity index (χ2n) is 5.79. The Morgan fingerprint density at radius 1 is 1.16 bits per heavy atom. The molecule has 3 aromatic rings. The van der Waals surface area contributed by atoms with Gasteiger partial charge in [0.1, 0.15) is 5.69 Å². The van der Waals surface area contributed by atoms with E-state index in [1.807, 2.05) is 54.8 Å². The zero-order valence-corrected chi connectivity index (χ0v) is 14.7. The van der Waals surface area contributed by atoms with Gasteiger partial charge in [-0.3, -0.25) is 9.59 Å². The molecule has 1 atom stereocenters. The van der Waals surface area contributed by atoms with Crippen molar-refractivity contribution >= 4 is 17.2 Å². The smallest absolute Gasteiger partial charge is 0.267 e. The average Bonchev–Trinajstić information content (AvgIpc) is 3.15. The van der Waals surface area contributed by atoms with Crippen LogP contribution in [0.25, 0.3) is 10.6 Å². The Balaban J connectivity index is 1.65. The van der Waals surface area contributed by atoms with Crippen LogP contribution >= 0.6 is 11.3 Å². The van der Waals surface area contributed by atoms with Crippen molar-refractivity contribution in [2.45, 2.75) is 19.4 Å². The largest absolute Gasteiger partial charge is 0.354 e. The first-order valence-corrected chi connectivity index (χ1v) is 8.96. The molecule has 0 aliphatic carbocycles. The van der Waals surface area contributed by atoms with Crippen LogP contribution in [-0.4, -0.2) is 22.2 Å². The maximum absolute atomic E-state index is 12.1. The minimum absolute atomic E-state index is 0.0690. The number of benzene rings is 1. The van der Waals surface area contributed by atoms with Gasteiger partial charge in [0.25, 0.3) is 5.56 Å². The molecular formula is C19H19N3O2S. The van der Waals surface area contributed by atoms with Gasteiger partial charge in [-0.2, -0.15) is 5.10 Å². The summed E-state index contributed by atoms with van der Waals surface area (Å²) in [6, 6.07) is 16.5. The molecule has 0 aliphatic heterocycles. The van der Waals surface area contributed by atoms with Gasteiger partial charge in [-0.1, -0.05) is 36.4 Å². The molecule has 1 aromatic carbocycles. The number of aromatic nitrogens is 2. The number of rotatable bonds is 6. The molecule has 1 amide bonds. The Morgan fingerprint density at radius 3 is 2.68 bits per heavy atom. The van der Waals surface area contributed by atoms with Crippen molar-refractivity contribution in [3.05, 3.63) is 75.9 Å². The molecule has 0 spiro atoms. The lowest BCUT2D eigenvalue weighted by Gasteiger charge is -2.15. The first kappa shape index (κ1) is 17.1. The van der Waals surface area contributed by atoms with Crippen LogP contribution in [0.3, 0.4) is 0 Å². The summed E-state index contributed by atoms with van der Waals surface area (Å²) in [7, 11) is 0. The summed E-state index contributed by atoms with van der Waals surface area (Å²) in [5.41, 5.74) is 1.55. The van der Waals surface area contributed by atoms with Gasteiger partial charge in [-0.25, -0.2) is 4.68 Å². The van der Waals surface area contributed by atoms with Gasteiger partial charge in [-0.05, 0) is 30.0 Å². The van der Waals surface area contributed by atoms with E-state index >= 15 is 0 Å². The number of amides is 1. The number of nitrogens with one attached hydrogen (secondary N) is 1. The quantitative estimate of drug-likeness (QED) is 0.741. The number of thiophene rings is 1. The minimum atomic E-state index is -0.230. The van der Waals surface area contributed by atoms with Crippen molar-refractivity contribution in [1.82, 2.24) is 15.1 Å². The van der Waals surface area contributed by atoms with Crippen molar-refractivity contribution < 1.29 is 4.79 Å². The summed E-state index contributed by atoms with van der Waals surface area (Å²) < 4.78 is 1.43. The second kappa shape index (κ2) is 7.90. The molecule has 1 N–H and O–H groups in total. The van der Waals surface area contributed by atoms with Crippen molar-refractivity contribution in [1.29, 1.82) is 0 Å². The number of carbonyl (C=O) groups is 1. The molecule has 0 bridgehead atoms. The van der Waals surface area contributed by atoms with Crippen LogP contribution in [-0.2, 0) is 11.2 Å². The van der Waals surface area contributed by atoms with Crippen molar-refractivity contribution in [3.8, 4) is 10.6 Å². The molecule has 5 nitrogen and oxygen atoms in total. The molecule has 0 saturated heterocycles. The highest BCUT2D eigenvalue weighted by Gasteiger charge is 2.12. The van der Waals surface area contributed by atoms with E-state index in [1.165, 1.54) is 10.7 Å². The van der Waals surface area contributed by atoms with Gasteiger partial charge in [0.2, 0.25) is 5.91 Å². The predicted molar refractivity (Wildman–Crippen MR) is 99.7 cm³/mol. The highest BCUT2D eigenvalue weighted by atomic mass is 32.1. The van der Waals surface area contributed by atoms with E-state index in [4.69, 9.17) is 0 Å². The Kier molecular flexibility index (Phi) is 5.40. The Labute approximate surface area is 150 Å². The Bertz CT molecular complexity index is 889. The molecule has 2 heterocycles. The minimum Gasteiger partial charge on any atom is -0.354 e. The summed E-state index contributed by atoms with van der Waals surface area (Å²) >= 11 is 1.57. The summed E-state index contributed by atoms with van der Waals surface area (Å²) in [5, 5.41) is 9.29. The van der Waals surface area contributed by atoms with Crippen LogP contribution in [0.4, 0.5) is 0 Å². The van der Waals surface area contributed by atoms with Gasteiger partial charge in [-0.15, -0.1) is 11.3 Å². The van der Waals surface area contributed by atoms with Crippen LogP contribution in [0.2, 0.25) is 0 Å². The molecule has 0 saturated carbocycles. The highest BCUT2D eigenvalue weighted by molar-refractivity contribution is 7.13. The normalized spacial score (nSPS) is 11.9. The SMILES string of the molecule is CC(CNC(=O)Cc1ccccc1)n1nc(-c2cccs2)ccc1=O. The second-order valence-corrected chi connectivity index (χ2v) is 6.74. The van der Waals surface area contributed by atoms with Crippen molar-refractivity contribution in [3.63, 3.8) is 0 Å². The fraction of sp³-hybridized carbons (Fsp3) is 0.211. The van der Waals surface area contributed by atoms with Gasteiger partial charge in [0.15, 0.2) is 0 Å². The maximum Gasteiger partial charge on any atom is 0.267 e. The zero-order valence-electron chi connectivity index (χ0n) is 13.9. The van der Waals surface area contributed by atoms with Gasteiger partial charge < -0.3 is 5.32 Å². The molecule has 0 fully saturated rings. The van der Waals surface area contributed by atoms with E-state index in [-0.39, 0.29) is 17.5 Å². The van der Waals surface area contributed by atoms with E-state index in [2.05, 4.69) is 10.4 Å². The fourth-order valence-electron chi connectivity index (χ4n) is 2.49. The number of nitrogens with zero attached hydrogens (tertiary/aromatic N) is 2. The van der Waals surface area contributed by atoms with E-state index in [1.54, 1.807) is 17.4 Å². The van der Waals surface area contributed by atoms with Gasteiger partial charge in [0, 0.05) is 12.6 Å². The third kappa shape index (κ3) is 4.42. The molecule has 1 unspecified atom stereocenters. The topological polar surface area (TPSA) is 64.0 Å². The average molecular weight is 353 g/mol. The monoisotopic (exact) mass is 353 g/mol. The lowest BCUT2D eigenvalue weighted by atomic mass is 10.1. The van der Waals surface area contributed by atoms with Gasteiger partial charge >= 0.3 is 0 Å². The summed E-state index contributed by atoms with van der Waals surface area (Å²) in [6.07, 6.45) is 0.325. The summed E-state index contributed by atoms with van der Waals surface area (Å²) in [6.45, 7) is 2.22. The molecule has 0 radical (unpaired) electrons. The zero-order chi connectivity index (χ0) is 17.6. The molecule has 3 rings (SSSR count). The third-order valence-corrected chi connectivity index (χ3v) is 4.71. The molecule has 128 valence electrons. The van der Waals surface area contributed by atoms with Crippen LogP contribution < -0.4 is 10.9 Å². The molecular weight excluding hydrogens is 334 g/mol. The molecule has 0 aliphatic rings. The van der Waals surface area contributed by atoms with Crippen molar-refractivity contribution in [2.24, 2.45) is 0 Å². The van der Waals surface area contributed by atoms with Crippen LogP contribution in [0.5, 0.6) is 0 Å². The predicted octanol–water partition coefficient (Wildman–Crippen LogP) is 2.89. The lowest BCUT2D eigenvalue weighted by molar-refractivity contribution is -0.120. The Hall–Kier alpha value is -2.73. The van der Waals surface area contributed by atoms with E-state index < -0.39 is 0 Å². The van der Waals surface area contributed by atoms with Crippen LogP contribution in [0.15, 0.2) is 64.8 Å². The number of hydrogen-bond donors (Lipinski definition) is 1. The van der Waals surface area contributed by atoms with Crippen molar-refractivity contribution in [2.75, 3.05) is 6.54 Å². The maximum atomic E-state index is 12.1.